The summed E-state index contributed by atoms with van der Waals surface area (Å²) in [6.45, 7) is 0.752. The third-order valence-corrected chi connectivity index (χ3v) is 1.83. The van der Waals surface area contributed by atoms with Crippen molar-refractivity contribution in [3.63, 3.8) is 0 Å². The minimum atomic E-state index is -0.788. The highest BCUT2D eigenvalue weighted by Gasteiger charge is 2.12. The van der Waals surface area contributed by atoms with Crippen LogP contribution in [0.15, 0.2) is 24.3 Å². The molecule has 15 heavy (non-hydrogen) atoms. The van der Waals surface area contributed by atoms with Gasteiger partial charge in [-0.25, -0.2) is 4.79 Å². The third kappa shape index (κ3) is 3.23. The lowest BCUT2D eigenvalue weighted by atomic mass is 10.2. The van der Waals surface area contributed by atoms with Crippen LogP contribution in [0.1, 0.15) is 5.56 Å². The molecule has 2 N–H and O–H groups in total. The molecule has 0 unspecified atom stereocenters. The fraction of sp³-hybridized carbons (Fsp3) is 0.300. The van der Waals surface area contributed by atoms with Crippen molar-refractivity contribution in [1.82, 2.24) is 4.90 Å². The van der Waals surface area contributed by atoms with Crippen LogP contribution in [0.4, 0.5) is 4.79 Å². The molecule has 0 aliphatic heterocycles. The van der Waals surface area contributed by atoms with Crippen LogP contribution in [0.3, 0.4) is 0 Å². The van der Waals surface area contributed by atoms with Gasteiger partial charge in [0.15, 0.2) is 0 Å². The van der Waals surface area contributed by atoms with E-state index in [1.54, 1.807) is 24.3 Å². The van der Waals surface area contributed by atoms with E-state index in [1.807, 2.05) is 6.92 Å². The first-order valence-electron chi connectivity index (χ1n) is 4.42. The Bertz CT molecular complexity index is 319. The maximum atomic E-state index is 11.2. The van der Waals surface area contributed by atoms with E-state index in [-0.39, 0.29) is 0 Å². The summed E-state index contributed by atoms with van der Waals surface area (Å²) >= 11 is 0. The van der Waals surface area contributed by atoms with Crippen molar-refractivity contribution in [2.24, 2.45) is 0 Å². The second-order valence-corrected chi connectivity index (χ2v) is 3.00. The second kappa shape index (κ2) is 5.33. The molecule has 0 radical (unpaired) electrons. The summed E-state index contributed by atoms with van der Waals surface area (Å²) in [6, 6.07) is 6.87. The van der Waals surface area contributed by atoms with Gasteiger partial charge in [-0.2, -0.15) is 0 Å². The maximum absolute atomic E-state index is 11.2. The van der Waals surface area contributed by atoms with Gasteiger partial charge < -0.3 is 14.9 Å². The lowest BCUT2D eigenvalue weighted by Gasteiger charge is -2.15. The van der Waals surface area contributed by atoms with E-state index in [1.165, 1.54) is 0 Å². The number of rotatable bonds is 3. The first-order chi connectivity index (χ1) is 7.17. The quantitative estimate of drug-likeness (QED) is 0.722. The van der Waals surface area contributed by atoms with Crippen LogP contribution in [-0.2, 0) is 0 Å². The Morgan fingerprint density at radius 2 is 1.80 bits per heavy atom. The number of aryl methyl sites for hydroxylation is 1. The molecular weight excluding hydrogens is 198 g/mol. The molecule has 5 heteroatoms. The molecule has 0 aliphatic carbocycles. The van der Waals surface area contributed by atoms with E-state index >= 15 is 0 Å². The summed E-state index contributed by atoms with van der Waals surface area (Å²) < 4.78 is 4.88. The lowest BCUT2D eigenvalue weighted by molar-refractivity contribution is 0.0378. The van der Waals surface area contributed by atoms with E-state index in [0.29, 0.717) is 5.75 Å². The van der Waals surface area contributed by atoms with Gasteiger partial charge in [0.1, 0.15) is 19.2 Å². The van der Waals surface area contributed by atoms with E-state index in [9.17, 15) is 4.79 Å². The summed E-state index contributed by atoms with van der Waals surface area (Å²) in [6.07, 6.45) is -0.788. The van der Waals surface area contributed by atoms with Crippen molar-refractivity contribution in [2.45, 2.75) is 6.92 Å². The molecule has 0 aliphatic rings. The molecule has 1 rings (SSSR count). The number of nitrogens with zero attached hydrogens (tertiary/aromatic N) is 1. The summed E-state index contributed by atoms with van der Waals surface area (Å²) in [7, 11) is 0. The van der Waals surface area contributed by atoms with Crippen molar-refractivity contribution in [3.8, 4) is 5.75 Å². The largest absolute Gasteiger partial charge is 0.418 e. The monoisotopic (exact) mass is 211 g/mol. The molecule has 0 bridgehead atoms. The number of hydrogen-bond acceptors (Lipinski definition) is 4. The van der Waals surface area contributed by atoms with Crippen LogP contribution >= 0.6 is 0 Å². The SMILES string of the molecule is Cc1ccc(OC(=O)N(CO)CO)cc1. The zero-order valence-corrected chi connectivity index (χ0v) is 8.38. The van der Waals surface area contributed by atoms with E-state index in [0.717, 1.165) is 10.5 Å². The van der Waals surface area contributed by atoms with Crippen LogP contribution in [0.2, 0.25) is 0 Å². The van der Waals surface area contributed by atoms with Gasteiger partial charge in [0.25, 0.3) is 0 Å². The van der Waals surface area contributed by atoms with E-state index < -0.39 is 19.6 Å². The van der Waals surface area contributed by atoms with Crippen molar-refractivity contribution in [2.75, 3.05) is 13.5 Å². The van der Waals surface area contributed by atoms with Crippen LogP contribution < -0.4 is 4.74 Å². The van der Waals surface area contributed by atoms with Gasteiger partial charge in [-0.15, -0.1) is 0 Å². The molecule has 0 spiro atoms. The standard InChI is InChI=1S/C10H13NO4/c1-8-2-4-9(5-3-8)15-10(14)11(6-12)7-13/h2-5,12-13H,6-7H2,1H3. The summed E-state index contributed by atoms with van der Waals surface area (Å²) in [4.78, 5) is 12.0. The molecule has 1 amide bonds. The molecule has 0 fully saturated rings. The number of benzene rings is 1. The fourth-order valence-corrected chi connectivity index (χ4v) is 0.932. The molecule has 0 heterocycles. The summed E-state index contributed by atoms with van der Waals surface area (Å²) in [5.41, 5.74) is 1.05. The van der Waals surface area contributed by atoms with Crippen LogP contribution in [0, 0.1) is 6.92 Å². The normalized spacial score (nSPS) is 9.80. The number of aliphatic hydroxyl groups is 2. The Morgan fingerprint density at radius 3 is 2.27 bits per heavy atom. The van der Waals surface area contributed by atoms with Gasteiger partial charge in [-0.05, 0) is 19.1 Å². The number of amides is 1. The van der Waals surface area contributed by atoms with Gasteiger partial charge in [0.05, 0.1) is 0 Å². The predicted molar refractivity (Wildman–Crippen MR) is 53.2 cm³/mol. The van der Waals surface area contributed by atoms with Crippen molar-refractivity contribution < 1.29 is 19.7 Å². The molecule has 5 nitrogen and oxygen atoms in total. The van der Waals surface area contributed by atoms with Crippen molar-refractivity contribution >= 4 is 6.09 Å². The van der Waals surface area contributed by atoms with E-state index in [2.05, 4.69) is 0 Å². The van der Waals surface area contributed by atoms with Gasteiger partial charge in [-0.3, -0.25) is 4.90 Å². The minimum absolute atomic E-state index is 0.373. The number of aliphatic hydroxyl groups excluding tert-OH is 2. The number of carbonyl (C=O) groups excluding carboxylic acids is 1. The average molecular weight is 211 g/mol. The minimum Gasteiger partial charge on any atom is -0.410 e. The Hall–Kier alpha value is -1.59. The molecule has 1 aromatic rings. The van der Waals surface area contributed by atoms with E-state index in [4.69, 9.17) is 14.9 Å². The Labute approximate surface area is 87.5 Å². The highest BCUT2D eigenvalue weighted by molar-refractivity contribution is 5.70. The summed E-state index contributed by atoms with van der Waals surface area (Å²) in [5, 5.41) is 17.4. The van der Waals surface area contributed by atoms with Crippen molar-refractivity contribution in [3.05, 3.63) is 29.8 Å². The average Bonchev–Trinajstić information content (AvgIpc) is 2.23. The first-order valence-corrected chi connectivity index (χ1v) is 4.42. The Balaban J connectivity index is 2.61. The van der Waals surface area contributed by atoms with Gasteiger partial charge >= 0.3 is 6.09 Å². The topological polar surface area (TPSA) is 70.0 Å². The molecule has 0 atom stereocenters. The van der Waals surface area contributed by atoms with Gasteiger partial charge in [0, 0.05) is 0 Å². The molecule has 0 saturated heterocycles. The smallest absolute Gasteiger partial charge is 0.410 e. The zero-order chi connectivity index (χ0) is 11.3. The molecule has 82 valence electrons. The maximum Gasteiger partial charge on any atom is 0.418 e. The highest BCUT2D eigenvalue weighted by atomic mass is 16.6. The van der Waals surface area contributed by atoms with Gasteiger partial charge in [0.2, 0.25) is 0 Å². The molecule has 0 saturated carbocycles. The first kappa shape index (κ1) is 11.5. The van der Waals surface area contributed by atoms with Crippen LogP contribution in [-0.4, -0.2) is 34.7 Å². The van der Waals surface area contributed by atoms with Crippen LogP contribution in [0.25, 0.3) is 0 Å². The lowest BCUT2D eigenvalue weighted by Crippen LogP contribution is -2.35. The fourth-order valence-electron chi connectivity index (χ4n) is 0.932. The summed E-state index contributed by atoms with van der Waals surface area (Å²) in [5.74, 6) is 0.373. The number of carbonyl (C=O) groups is 1. The third-order valence-electron chi connectivity index (χ3n) is 1.83. The number of hydrogen-bond donors (Lipinski definition) is 2. The molecule has 1 aromatic carbocycles. The Morgan fingerprint density at radius 1 is 1.27 bits per heavy atom. The van der Waals surface area contributed by atoms with Gasteiger partial charge in [-0.1, -0.05) is 17.7 Å². The Kier molecular flexibility index (Phi) is 4.08. The molecular formula is C10H13NO4. The molecule has 0 aromatic heterocycles. The second-order valence-electron chi connectivity index (χ2n) is 3.00. The predicted octanol–water partition coefficient (Wildman–Crippen LogP) is 0.695. The van der Waals surface area contributed by atoms with Crippen LogP contribution in [0.5, 0.6) is 5.75 Å². The zero-order valence-electron chi connectivity index (χ0n) is 8.38. The van der Waals surface area contributed by atoms with Crippen molar-refractivity contribution in [1.29, 1.82) is 0 Å². The highest BCUT2D eigenvalue weighted by Crippen LogP contribution is 2.12. The number of ether oxygens (including phenoxy) is 1.